The molecule has 168 valence electrons. The standard InChI is InChI=1S/C23H28N6O2S/c1-23(2)10-9-19-20(12-25-29(19)13-23)32(31,26-14-24)28-22(30)27-21-17-7-3-5-15(17)11-16-6-4-8-18(16)21/h11-12H,3-10,13H2,1-2H3,(H2,26,27,28,30,31). The zero-order valence-corrected chi connectivity index (χ0v) is 19.3. The summed E-state index contributed by atoms with van der Waals surface area (Å²) in [6.07, 6.45) is 10.8. The van der Waals surface area contributed by atoms with Gasteiger partial charge in [-0.05, 0) is 79.0 Å². The molecule has 0 bridgehead atoms. The Hall–Kier alpha value is -2.86. The third-order valence-electron chi connectivity index (χ3n) is 6.93. The van der Waals surface area contributed by atoms with Crippen LogP contribution in [0.1, 0.15) is 61.1 Å². The van der Waals surface area contributed by atoms with Crippen molar-refractivity contribution in [3.63, 3.8) is 0 Å². The van der Waals surface area contributed by atoms with Gasteiger partial charge in [0.1, 0.15) is 4.90 Å². The van der Waals surface area contributed by atoms with Crippen molar-refractivity contribution >= 4 is 21.6 Å². The van der Waals surface area contributed by atoms with Gasteiger partial charge in [0.05, 0.1) is 11.9 Å². The summed E-state index contributed by atoms with van der Waals surface area (Å²) >= 11 is 0. The van der Waals surface area contributed by atoms with Crippen LogP contribution in [-0.2, 0) is 48.6 Å². The minimum Gasteiger partial charge on any atom is -0.305 e. The molecule has 32 heavy (non-hydrogen) atoms. The summed E-state index contributed by atoms with van der Waals surface area (Å²) in [5.41, 5.74) is 6.66. The Bertz CT molecular complexity index is 1240. The summed E-state index contributed by atoms with van der Waals surface area (Å²) in [7, 11) is -3.48. The van der Waals surface area contributed by atoms with Gasteiger partial charge in [-0.1, -0.05) is 19.9 Å². The molecule has 5 rings (SSSR count). The first-order valence-electron chi connectivity index (χ1n) is 11.2. The average molecular weight is 453 g/mol. The van der Waals surface area contributed by atoms with Crippen molar-refractivity contribution in [2.24, 2.45) is 9.78 Å². The normalized spacial score (nSPS) is 19.8. The van der Waals surface area contributed by atoms with Gasteiger partial charge < -0.3 is 5.32 Å². The number of urea groups is 1. The third-order valence-corrected chi connectivity index (χ3v) is 8.65. The highest BCUT2D eigenvalue weighted by molar-refractivity contribution is 7.92. The van der Waals surface area contributed by atoms with Gasteiger partial charge in [0, 0.05) is 12.2 Å². The molecule has 3 aliphatic rings. The minimum absolute atomic E-state index is 0.0857. The van der Waals surface area contributed by atoms with Crippen LogP contribution in [0, 0.1) is 16.9 Å². The van der Waals surface area contributed by atoms with E-state index >= 15 is 0 Å². The molecular formula is C23H28N6O2S. The zero-order chi connectivity index (χ0) is 22.5. The number of nitrogens with zero attached hydrogens (tertiary/aromatic N) is 4. The highest BCUT2D eigenvalue weighted by atomic mass is 32.2. The van der Waals surface area contributed by atoms with Crippen molar-refractivity contribution in [1.82, 2.24) is 14.5 Å². The van der Waals surface area contributed by atoms with Crippen molar-refractivity contribution in [1.29, 1.82) is 5.26 Å². The van der Waals surface area contributed by atoms with E-state index in [0.717, 1.165) is 56.3 Å². The molecule has 2 heterocycles. The van der Waals surface area contributed by atoms with Gasteiger partial charge in [-0.25, -0.2) is 13.7 Å². The van der Waals surface area contributed by atoms with Crippen LogP contribution < -0.4 is 10.0 Å². The van der Waals surface area contributed by atoms with Gasteiger partial charge in [0.2, 0.25) is 0 Å². The molecule has 1 aromatic carbocycles. The number of hydrogen-bond donors (Lipinski definition) is 2. The first-order chi connectivity index (χ1) is 15.3. The Morgan fingerprint density at radius 2 is 1.88 bits per heavy atom. The molecule has 2 aromatic rings. The Labute approximate surface area is 188 Å². The first kappa shape index (κ1) is 21.0. The maximum Gasteiger partial charge on any atom is 0.355 e. The number of nitrogens with one attached hydrogen (secondary N) is 2. The van der Waals surface area contributed by atoms with Crippen molar-refractivity contribution < 1.29 is 9.00 Å². The number of anilines is 1. The number of aromatic nitrogens is 2. The summed E-state index contributed by atoms with van der Waals surface area (Å²) in [5, 5.41) is 16.6. The molecule has 0 fully saturated rings. The Balaban J connectivity index is 1.52. The highest BCUT2D eigenvalue weighted by Crippen LogP contribution is 2.39. The van der Waals surface area contributed by atoms with E-state index in [9.17, 15) is 14.3 Å². The topological polar surface area (TPSA) is 112 Å². The van der Waals surface area contributed by atoms with Crippen molar-refractivity contribution in [3.05, 3.63) is 40.2 Å². The van der Waals surface area contributed by atoms with Crippen LogP contribution >= 0.6 is 0 Å². The summed E-state index contributed by atoms with van der Waals surface area (Å²) in [6, 6.07) is 1.60. The molecule has 2 amide bonds. The molecule has 1 unspecified atom stereocenters. The second-order valence-corrected chi connectivity index (χ2v) is 11.7. The van der Waals surface area contributed by atoms with Crippen LogP contribution in [0.4, 0.5) is 10.5 Å². The molecular weight excluding hydrogens is 424 g/mol. The summed E-state index contributed by atoms with van der Waals surface area (Å²) < 4.78 is 21.9. The lowest BCUT2D eigenvalue weighted by molar-refractivity contribution is 0.233. The molecule has 9 heteroatoms. The van der Waals surface area contributed by atoms with Crippen LogP contribution in [0.2, 0.25) is 0 Å². The fraction of sp³-hybridized carbons (Fsp3) is 0.522. The maximum atomic E-state index is 13.7. The monoisotopic (exact) mass is 452 g/mol. The van der Waals surface area contributed by atoms with E-state index < -0.39 is 15.9 Å². The van der Waals surface area contributed by atoms with E-state index in [-0.39, 0.29) is 5.41 Å². The fourth-order valence-corrected chi connectivity index (χ4v) is 6.73. The van der Waals surface area contributed by atoms with E-state index in [2.05, 4.69) is 39.4 Å². The van der Waals surface area contributed by atoms with Crippen LogP contribution in [-0.4, -0.2) is 20.0 Å². The van der Waals surface area contributed by atoms with Crippen molar-refractivity contribution in [3.8, 4) is 6.19 Å². The number of carbonyl (C=O) groups is 1. The van der Waals surface area contributed by atoms with Gasteiger partial charge in [-0.15, -0.1) is 4.36 Å². The lowest BCUT2D eigenvalue weighted by atomic mass is 9.85. The van der Waals surface area contributed by atoms with Crippen molar-refractivity contribution in [2.45, 2.75) is 76.7 Å². The van der Waals surface area contributed by atoms with E-state index in [4.69, 9.17) is 0 Å². The van der Waals surface area contributed by atoms with Gasteiger partial charge in [0.15, 0.2) is 16.1 Å². The van der Waals surface area contributed by atoms with E-state index in [1.165, 1.54) is 28.5 Å². The van der Waals surface area contributed by atoms with Crippen LogP contribution in [0.25, 0.3) is 0 Å². The van der Waals surface area contributed by atoms with Gasteiger partial charge >= 0.3 is 6.03 Å². The molecule has 1 aliphatic heterocycles. The van der Waals surface area contributed by atoms with Crippen LogP contribution in [0.5, 0.6) is 0 Å². The quantitative estimate of drug-likeness (QED) is 0.544. The minimum atomic E-state index is -3.48. The third kappa shape index (κ3) is 3.56. The summed E-state index contributed by atoms with van der Waals surface area (Å²) in [4.78, 5) is 13.4. The van der Waals surface area contributed by atoms with Crippen LogP contribution in [0.15, 0.2) is 21.5 Å². The fourth-order valence-electron chi connectivity index (χ4n) is 5.36. The smallest absolute Gasteiger partial charge is 0.305 e. The Morgan fingerprint density at radius 1 is 1.19 bits per heavy atom. The van der Waals surface area contributed by atoms with E-state index in [1.54, 1.807) is 6.19 Å². The molecule has 0 saturated heterocycles. The molecule has 0 radical (unpaired) electrons. The predicted molar refractivity (Wildman–Crippen MR) is 121 cm³/mol. The number of aryl methyl sites for hydroxylation is 2. The lowest BCUT2D eigenvalue weighted by Crippen LogP contribution is -2.29. The number of hydrogen-bond acceptors (Lipinski definition) is 4. The number of rotatable bonds is 3. The second-order valence-electron chi connectivity index (χ2n) is 9.77. The molecule has 1 aromatic heterocycles. The molecule has 8 nitrogen and oxygen atoms in total. The van der Waals surface area contributed by atoms with Crippen molar-refractivity contribution in [2.75, 3.05) is 5.32 Å². The zero-order valence-electron chi connectivity index (χ0n) is 18.5. The SMILES string of the molecule is CC1(C)CCc2c(S(=O)(=NC(=O)Nc3c4c(cc5c3CCC5)CCC4)NC#N)cnn2C1. The number of carbonyl (C=O) groups excluding carboxylic acids is 1. The largest absolute Gasteiger partial charge is 0.355 e. The molecule has 1 atom stereocenters. The van der Waals surface area contributed by atoms with E-state index in [1.807, 2.05) is 4.68 Å². The van der Waals surface area contributed by atoms with E-state index in [0.29, 0.717) is 17.9 Å². The lowest BCUT2D eigenvalue weighted by Gasteiger charge is -2.30. The maximum absolute atomic E-state index is 13.7. The predicted octanol–water partition coefficient (Wildman–Crippen LogP) is 3.88. The van der Waals surface area contributed by atoms with Crippen LogP contribution in [0.3, 0.4) is 0 Å². The first-order valence-corrected chi connectivity index (χ1v) is 12.8. The molecule has 2 N–H and O–H groups in total. The highest BCUT2D eigenvalue weighted by Gasteiger charge is 2.32. The van der Waals surface area contributed by atoms with Gasteiger partial charge in [0.25, 0.3) is 0 Å². The molecule has 0 spiro atoms. The molecule has 0 saturated carbocycles. The number of amides is 2. The number of benzene rings is 1. The average Bonchev–Trinajstić information content (AvgIpc) is 3.45. The summed E-state index contributed by atoms with van der Waals surface area (Å²) in [6.45, 7) is 5.02. The van der Waals surface area contributed by atoms with Gasteiger partial charge in [-0.3, -0.25) is 4.68 Å². The molecule has 2 aliphatic carbocycles. The second kappa shape index (κ2) is 7.62. The summed E-state index contributed by atoms with van der Waals surface area (Å²) in [5.74, 6) is 0. The number of nitriles is 1. The number of fused-ring (bicyclic) bond motifs is 3. The Morgan fingerprint density at radius 3 is 2.53 bits per heavy atom. The Kier molecular flexibility index (Phi) is 5.01. The van der Waals surface area contributed by atoms with Gasteiger partial charge in [-0.2, -0.15) is 10.4 Å².